The molecule has 1 N–H and O–H groups in total. The molecule has 1 aromatic heterocycles. The number of benzene rings is 2. The standard InChI is InChI=1S/C21H22FN2.C13H24O2.Ir/c1-13-8-16(9-14(2)19(13)22)20-17-7-6-15(11-21(3,4)5)10-18(17)23-12-24-20;1-5-10(6-2)12(14)9-13(15)11(7-3)8-4;/h6-8,10,12H,11H2,1-5H3;9-11,14H,5-8H2,1-4H3;/q-1;;/b;12-9-;. The minimum Gasteiger partial charge on any atom is -0.512 e. The average Bonchev–Trinajstić information content (AvgIpc) is 2.87. The Bertz CT molecular complexity index is 1270. The molecule has 0 aliphatic carbocycles. The predicted octanol–water partition coefficient (Wildman–Crippen LogP) is 9.31. The Morgan fingerprint density at radius 1 is 1.00 bits per heavy atom. The Kier molecular flexibility index (Phi) is 14.3. The molecule has 0 spiro atoms. The molecule has 0 unspecified atom stereocenters. The number of halogens is 1. The summed E-state index contributed by atoms with van der Waals surface area (Å²) in [4.78, 5) is 20.6. The molecule has 0 amide bonds. The maximum Gasteiger partial charge on any atom is 0.162 e. The molecule has 3 aromatic rings. The zero-order valence-electron chi connectivity index (χ0n) is 25.6. The smallest absolute Gasteiger partial charge is 0.162 e. The molecule has 1 heterocycles. The van der Waals surface area contributed by atoms with Crippen molar-refractivity contribution in [3.8, 4) is 11.3 Å². The third kappa shape index (κ3) is 9.89. The molecule has 4 nitrogen and oxygen atoms in total. The van der Waals surface area contributed by atoms with E-state index in [2.05, 4.69) is 55.0 Å². The number of aliphatic hydroxyl groups excluding tert-OH is 1. The fourth-order valence-electron chi connectivity index (χ4n) is 4.82. The first-order valence-corrected chi connectivity index (χ1v) is 14.2. The van der Waals surface area contributed by atoms with Gasteiger partial charge < -0.3 is 5.11 Å². The summed E-state index contributed by atoms with van der Waals surface area (Å²) in [5, 5.41) is 10.7. The second kappa shape index (κ2) is 16.1. The monoisotopic (exact) mass is 726 g/mol. The van der Waals surface area contributed by atoms with Crippen LogP contribution in [0, 0.1) is 43.0 Å². The SMILES string of the molecule is CCC(CC)C(=O)/C=C(\O)C(CC)CC.Cc1[c-]c(-c2ncnc3cc(CC(C)(C)C)ccc23)cc(C)c1F.[Ir]. The van der Waals surface area contributed by atoms with E-state index in [-0.39, 0.29) is 54.7 Å². The van der Waals surface area contributed by atoms with Gasteiger partial charge in [-0.2, -0.15) is 0 Å². The number of carbonyl (C=O) groups excluding carboxylic acids is 1. The molecule has 1 radical (unpaired) electrons. The van der Waals surface area contributed by atoms with Crippen molar-refractivity contribution in [1.29, 1.82) is 0 Å². The van der Waals surface area contributed by atoms with Gasteiger partial charge in [0.1, 0.15) is 6.33 Å². The van der Waals surface area contributed by atoms with Gasteiger partial charge in [0, 0.05) is 43.8 Å². The molecule has 2 aromatic carbocycles. The first kappa shape index (κ1) is 35.6. The van der Waals surface area contributed by atoms with E-state index in [0.29, 0.717) is 11.1 Å². The van der Waals surface area contributed by atoms with Crippen molar-refractivity contribution in [2.45, 2.75) is 94.4 Å². The maximum absolute atomic E-state index is 13.9. The number of hydrogen-bond donors (Lipinski definition) is 1. The summed E-state index contributed by atoms with van der Waals surface area (Å²) in [5.74, 6) is 0.343. The van der Waals surface area contributed by atoms with Crippen molar-refractivity contribution in [3.63, 3.8) is 0 Å². The quantitative estimate of drug-likeness (QED) is 0.136. The molecule has 0 atom stereocenters. The first-order valence-electron chi connectivity index (χ1n) is 14.2. The van der Waals surface area contributed by atoms with E-state index in [1.54, 1.807) is 26.2 Å². The molecule has 0 saturated heterocycles. The van der Waals surface area contributed by atoms with E-state index < -0.39 is 0 Å². The van der Waals surface area contributed by atoms with E-state index in [9.17, 15) is 14.3 Å². The van der Waals surface area contributed by atoms with Crippen molar-refractivity contribution in [1.82, 2.24) is 9.97 Å². The van der Waals surface area contributed by atoms with Crippen LogP contribution in [-0.4, -0.2) is 20.9 Å². The topological polar surface area (TPSA) is 63.1 Å². The minimum atomic E-state index is -0.204. The number of carbonyl (C=O) groups is 1. The van der Waals surface area contributed by atoms with Crippen LogP contribution in [-0.2, 0) is 31.3 Å². The number of nitrogens with zero attached hydrogens (tertiary/aromatic N) is 2. The van der Waals surface area contributed by atoms with Crippen LogP contribution < -0.4 is 0 Å². The molecule has 40 heavy (non-hydrogen) atoms. The van der Waals surface area contributed by atoms with E-state index in [0.717, 1.165) is 54.3 Å². The number of aliphatic hydroxyl groups is 1. The molecule has 3 rings (SSSR count). The Labute approximate surface area is 254 Å². The summed E-state index contributed by atoms with van der Waals surface area (Å²) in [6, 6.07) is 11.2. The number of rotatable bonds is 9. The summed E-state index contributed by atoms with van der Waals surface area (Å²) in [6.45, 7) is 18.2. The van der Waals surface area contributed by atoms with Crippen LogP contribution in [0.2, 0.25) is 0 Å². The number of ketones is 1. The van der Waals surface area contributed by atoms with Crippen molar-refractivity contribution >= 4 is 16.7 Å². The number of fused-ring (bicyclic) bond motifs is 1. The number of allylic oxidation sites excluding steroid dienone is 2. The van der Waals surface area contributed by atoms with Crippen molar-refractivity contribution in [3.05, 3.63) is 71.0 Å². The van der Waals surface area contributed by atoms with Gasteiger partial charge >= 0.3 is 0 Å². The minimum absolute atomic E-state index is 0. The van der Waals surface area contributed by atoms with E-state index in [1.165, 1.54) is 11.6 Å². The van der Waals surface area contributed by atoms with Crippen LogP contribution in [0.5, 0.6) is 0 Å². The third-order valence-electron chi connectivity index (χ3n) is 7.13. The number of aromatic nitrogens is 2. The van der Waals surface area contributed by atoms with Crippen LogP contribution >= 0.6 is 0 Å². The van der Waals surface area contributed by atoms with Gasteiger partial charge in [0.15, 0.2) is 5.78 Å². The Morgan fingerprint density at radius 3 is 2.12 bits per heavy atom. The zero-order valence-corrected chi connectivity index (χ0v) is 28.0. The van der Waals surface area contributed by atoms with Gasteiger partial charge in [-0.1, -0.05) is 85.6 Å². The van der Waals surface area contributed by atoms with Crippen molar-refractivity contribution < 1.29 is 34.4 Å². The molecule has 0 saturated carbocycles. The first-order chi connectivity index (χ1) is 18.3. The van der Waals surface area contributed by atoms with Crippen molar-refractivity contribution in [2.75, 3.05) is 0 Å². The van der Waals surface area contributed by atoms with Gasteiger partial charge in [0.05, 0.1) is 11.3 Å². The van der Waals surface area contributed by atoms with Gasteiger partial charge in [0.2, 0.25) is 0 Å². The summed E-state index contributed by atoms with van der Waals surface area (Å²) >= 11 is 0. The van der Waals surface area contributed by atoms with Gasteiger partial charge in [-0.05, 0) is 60.2 Å². The van der Waals surface area contributed by atoms with Gasteiger partial charge in [-0.3, -0.25) is 14.2 Å². The third-order valence-corrected chi connectivity index (χ3v) is 7.13. The maximum atomic E-state index is 13.9. The predicted molar refractivity (Wildman–Crippen MR) is 160 cm³/mol. The fourth-order valence-corrected chi connectivity index (χ4v) is 4.82. The molecule has 0 aliphatic heterocycles. The molecular formula is C34H46FIrN2O2-. The summed E-state index contributed by atoms with van der Waals surface area (Å²) < 4.78 is 13.9. The average molecular weight is 726 g/mol. The molecule has 6 heteroatoms. The van der Waals surface area contributed by atoms with E-state index in [1.807, 2.05) is 27.7 Å². The van der Waals surface area contributed by atoms with Crippen LogP contribution in [0.15, 0.2) is 42.4 Å². The Hall–Kier alpha value is -2.43. The normalized spacial score (nSPS) is 11.8. The summed E-state index contributed by atoms with van der Waals surface area (Å²) in [7, 11) is 0. The Morgan fingerprint density at radius 2 is 1.60 bits per heavy atom. The molecule has 0 aliphatic rings. The summed E-state index contributed by atoms with van der Waals surface area (Å²) in [5.41, 5.74) is 5.13. The van der Waals surface area contributed by atoms with E-state index >= 15 is 0 Å². The molecule has 0 fully saturated rings. The van der Waals surface area contributed by atoms with Gasteiger partial charge in [-0.15, -0.1) is 17.7 Å². The largest absolute Gasteiger partial charge is 0.512 e. The van der Waals surface area contributed by atoms with E-state index in [4.69, 9.17) is 0 Å². The van der Waals surface area contributed by atoms with Crippen LogP contribution in [0.1, 0.15) is 90.8 Å². The fraction of sp³-hybridized carbons (Fsp3) is 0.500. The van der Waals surface area contributed by atoms with Crippen LogP contribution in [0.4, 0.5) is 4.39 Å². The van der Waals surface area contributed by atoms with Crippen molar-refractivity contribution in [2.24, 2.45) is 17.3 Å². The van der Waals surface area contributed by atoms with Crippen LogP contribution in [0.3, 0.4) is 0 Å². The zero-order chi connectivity index (χ0) is 29.3. The molecule has 221 valence electrons. The molecule has 0 bridgehead atoms. The van der Waals surface area contributed by atoms with Gasteiger partial charge in [-0.25, -0.2) is 4.98 Å². The number of aryl methyl sites for hydroxylation is 2. The van der Waals surface area contributed by atoms with Gasteiger partial charge in [0.25, 0.3) is 0 Å². The van der Waals surface area contributed by atoms with Crippen LogP contribution in [0.25, 0.3) is 22.2 Å². The molecular weight excluding hydrogens is 680 g/mol. The second-order valence-electron chi connectivity index (χ2n) is 11.6. The number of hydrogen-bond acceptors (Lipinski definition) is 4. The Balaban J connectivity index is 0.000000437. The second-order valence-corrected chi connectivity index (χ2v) is 11.6. The summed E-state index contributed by atoms with van der Waals surface area (Å²) in [6.07, 6.45) is 7.47.